The minimum absolute atomic E-state index is 0.0738. The third-order valence-corrected chi connectivity index (χ3v) is 4.55. The quantitative estimate of drug-likeness (QED) is 0.790. The van der Waals surface area contributed by atoms with Crippen LogP contribution in [0, 0.1) is 5.82 Å². The smallest absolute Gasteiger partial charge is 0.262 e. The lowest BCUT2D eigenvalue weighted by molar-refractivity contribution is -0.116. The molecule has 0 radical (unpaired) electrons. The Labute approximate surface area is 156 Å². The Hall–Kier alpha value is -2.15. The van der Waals surface area contributed by atoms with E-state index in [1.807, 2.05) is 0 Å². The fourth-order valence-corrected chi connectivity index (χ4v) is 2.79. The summed E-state index contributed by atoms with van der Waals surface area (Å²) < 4.78 is 13.4. The lowest BCUT2D eigenvalue weighted by Crippen LogP contribution is -2.37. The Balaban J connectivity index is 1.77. The Morgan fingerprint density at radius 1 is 0.960 bits per heavy atom. The molecule has 25 heavy (non-hydrogen) atoms. The van der Waals surface area contributed by atoms with Crippen LogP contribution >= 0.6 is 34.8 Å². The van der Waals surface area contributed by atoms with Crippen molar-refractivity contribution in [3.63, 3.8) is 0 Å². The van der Waals surface area contributed by atoms with Crippen LogP contribution in [0.1, 0.15) is 20.7 Å². The summed E-state index contributed by atoms with van der Waals surface area (Å²) in [6.45, 7) is -0.536. The molecule has 1 heterocycles. The number of hydrogen-bond donors (Lipinski definition) is 1. The van der Waals surface area contributed by atoms with E-state index in [9.17, 15) is 18.8 Å². The van der Waals surface area contributed by atoms with E-state index in [0.29, 0.717) is 0 Å². The van der Waals surface area contributed by atoms with E-state index in [-0.39, 0.29) is 31.9 Å². The van der Waals surface area contributed by atoms with E-state index in [1.54, 1.807) is 0 Å². The summed E-state index contributed by atoms with van der Waals surface area (Å²) in [5, 5.41) is 2.56. The van der Waals surface area contributed by atoms with Crippen LogP contribution in [0.2, 0.25) is 15.1 Å². The predicted molar refractivity (Wildman–Crippen MR) is 91.9 cm³/mol. The van der Waals surface area contributed by atoms with Gasteiger partial charge in [0.25, 0.3) is 11.8 Å². The predicted octanol–water partition coefficient (Wildman–Crippen LogP) is 4.02. The number of halogens is 4. The van der Waals surface area contributed by atoms with Gasteiger partial charge >= 0.3 is 0 Å². The van der Waals surface area contributed by atoms with Crippen LogP contribution in [-0.4, -0.2) is 29.2 Å². The van der Waals surface area contributed by atoms with Crippen LogP contribution in [0.4, 0.5) is 10.1 Å². The number of nitrogens with one attached hydrogen (secondary N) is 1. The topological polar surface area (TPSA) is 66.5 Å². The second-order valence-electron chi connectivity index (χ2n) is 5.19. The third kappa shape index (κ3) is 3.33. The van der Waals surface area contributed by atoms with Gasteiger partial charge in [0.05, 0.1) is 26.2 Å². The van der Waals surface area contributed by atoms with Crippen molar-refractivity contribution in [2.24, 2.45) is 0 Å². The van der Waals surface area contributed by atoms with Gasteiger partial charge < -0.3 is 5.32 Å². The van der Waals surface area contributed by atoms with Crippen LogP contribution < -0.4 is 5.32 Å². The minimum atomic E-state index is -0.704. The lowest BCUT2D eigenvalue weighted by Gasteiger charge is -2.13. The first-order valence-electron chi connectivity index (χ1n) is 6.88. The van der Waals surface area contributed by atoms with Crippen molar-refractivity contribution in [2.45, 2.75) is 0 Å². The van der Waals surface area contributed by atoms with E-state index in [2.05, 4.69) is 5.32 Å². The van der Waals surface area contributed by atoms with Crippen molar-refractivity contribution in [1.29, 1.82) is 0 Å². The van der Waals surface area contributed by atoms with Crippen molar-refractivity contribution in [3.8, 4) is 0 Å². The highest BCUT2D eigenvalue weighted by Crippen LogP contribution is 2.31. The maximum atomic E-state index is 13.4. The average molecular weight is 402 g/mol. The molecule has 1 aliphatic rings. The normalized spacial score (nSPS) is 13.2. The van der Waals surface area contributed by atoms with E-state index >= 15 is 0 Å². The number of nitrogens with zero attached hydrogens (tertiary/aromatic N) is 1. The van der Waals surface area contributed by atoms with Crippen molar-refractivity contribution in [2.75, 3.05) is 11.9 Å². The summed E-state index contributed by atoms with van der Waals surface area (Å²) >= 11 is 17.3. The molecule has 0 unspecified atom stereocenters. The van der Waals surface area contributed by atoms with E-state index in [0.717, 1.165) is 11.0 Å². The Bertz CT molecular complexity index is 892. The van der Waals surface area contributed by atoms with Crippen molar-refractivity contribution in [1.82, 2.24) is 4.90 Å². The molecule has 2 aromatic carbocycles. The molecule has 3 rings (SSSR count). The van der Waals surface area contributed by atoms with E-state index < -0.39 is 30.1 Å². The van der Waals surface area contributed by atoms with Gasteiger partial charge in [-0.1, -0.05) is 34.8 Å². The fourth-order valence-electron chi connectivity index (χ4n) is 2.35. The van der Waals surface area contributed by atoms with E-state index in [4.69, 9.17) is 34.8 Å². The highest BCUT2D eigenvalue weighted by Gasteiger charge is 2.37. The summed E-state index contributed by atoms with van der Waals surface area (Å²) in [4.78, 5) is 37.4. The number of imide groups is 1. The van der Waals surface area contributed by atoms with Crippen LogP contribution in [0.5, 0.6) is 0 Å². The van der Waals surface area contributed by atoms with E-state index in [1.165, 1.54) is 24.3 Å². The number of carbonyl (C=O) groups excluding carboxylic acids is 3. The average Bonchev–Trinajstić information content (AvgIpc) is 2.76. The molecule has 0 saturated heterocycles. The number of fused-ring (bicyclic) bond motifs is 1. The molecule has 0 bridgehead atoms. The minimum Gasteiger partial charge on any atom is -0.324 e. The maximum absolute atomic E-state index is 13.4. The number of rotatable bonds is 3. The molecular formula is C16H8Cl3FN2O3. The van der Waals surface area contributed by atoms with Gasteiger partial charge in [0.2, 0.25) is 5.91 Å². The number of carbonyl (C=O) groups is 3. The van der Waals surface area contributed by atoms with Gasteiger partial charge in [-0.3, -0.25) is 19.3 Å². The number of amides is 3. The summed E-state index contributed by atoms with van der Waals surface area (Å²) in [7, 11) is 0. The summed E-state index contributed by atoms with van der Waals surface area (Å²) in [5.74, 6) is -2.69. The van der Waals surface area contributed by atoms with Gasteiger partial charge in [-0.05, 0) is 30.3 Å². The van der Waals surface area contributed by atoms with Gasteiger partial charge in [-0.2, -0.15) is 0 Å². The lowest BCUT2D eigenvalue weighted by atomic mass is 10.1. The second kappa shape index (κ2) is 6.63. The van der Waals surface area contributed by atoms with Crippen molar-refractivity contribution < 1.29 is 18.8 Å². The fraction of sp³-hybridized carbons (Fsp3) is 0.0625. The molecule has 0 aliphatic carbocycles. The highest BCUT2D eigenvalue weighted by atomic mass is 35.5. The first-order chi connectivity index (χ1) is 11.8. The molecule has 9 heteroatoms. The summed E-state index contributed by atoms with van der Waals surface area (Å²) in [5.41, 5.74) is 0.295. The molecule has 0 saturated carbocycles. The molecule has 0 spiro atoms. The van der Waals surface area contributed by atoms with Crippen LogP contribution in [0.15, 0.2) is 30.3 Å². The number of anilines is 1. The van der Waals surface area contributed by atoms with Crippen LogP contribution in [-0.2, 0) is 4.79 Å². The molecule has 128 valence electrons. The van der Waals surface area contributed by atoms with Gasteiger partial charge in [0, 0.05) is 5.69 Å². The molecule has 2 aromatic rings. The summed E-state index contributed by atoms with van der Waals surface area (Å²) in [6.07, 6.45) is 0. The zero-order chi connectivity index (χ0) is 18.3. The second-order valence-corrected chi connectivity index (χ2v) is 6.41. The maximum Gasteiger partial charge on any atom is 0.262 e. The number of benzene rings is 2. The first kappa shape index (κ1) is 17.7. The largest absolute Gasteiger partial charge is 0.324 e. The standard InChI is InChI=1S/C16H8Cl3FN2O3/c17-10-2-1-7(3-13(10)20)21-14(23)6-22-15(24)8-4-11(18)12(19)5-9(8)16(22)25/h1-5H,6H2,(H,21,23). The van der Waals surface area contributed by atoms with Crippen molar-refractivity contribution >= 4 is 58.2 Å². The Morgan fingerprint density at radius 3 is 2.04 bits per heavy atom. The molecule has 5 nitrogen and oxygen atoms in total. The molecule has 0 atom stereocenters. The molecular weight excluding hydrogens is 394 g/mol. The van der Waals surface area contributed by atoms with Gasteiger partial charge in [-0.25, -0.2) is 4.39 Å². The molecule has 0 fully saturated rings. The Morgan fingerprint density at radius 2 is 1.52 bits per heavy atom. The monoisotopic (exact) mass is 400 g/mol. The number of hydrogen-bond acceptors (Lipinski definition) is 3. The van der Waals surface area contributed by atoms with Gasteiger partial charge in [0.1, 0.15) is 12.4 Å². The first-order valence-corrected chi connectivity index (χ1v) is 8.01. The van der Waals surface area contributed by atoms with Crippen LogP contribution in [0.25, 0.3) is 0 Å². The van der Waals surface area contributed by atoms with Gasteiger partial charge in [-0.15, -0.1) is 0 Å². The SMILES string of the molecule is O=C(CN1C(=O)c2cc(Cl)c(Cl)cc2C1=O)Nc1ccc(Cl)c(F)c1. The molecule has 0 aromatic heterocycles. The summed E-state index contributed by atoms with van der Waals surface area (Å²) in [6, 6.07) is 6.27. The van der Waals surface area contributed by atoms with Crippen LogP contribution in [0.3, 0.4) is 0 Å². The van der Waals surface area contributed by atoms with Gasteiger partial charge in [0.15, 0.2) is 0 Å². The molecule has 1 aliphatic heterocycles. The molecule has 3 amide bonds. The zero-order valence-electron chi connectivity index (χ0n) is 12.3. The third-order valence-electron chi connectivity index (χ3n) is 3.52. The Kier molecular flexibility index (Phi) is 4.69. The zero-order valence-corrected chi connectivity index (χ0v) is 14.5. The van der Waals surface area contributed by atoms with Crippen molar-refractivity contribution in [3.05, 3.63) is 62.3 Å². The molecule has 1 N–H and O–H groups in total. The highest BCUT2D eigenvalue weighted by molar-refractivity contribution is 6.43.